The van der Waals surface area contributed by atoms with Crippen molar-refractivity contribution in [3.8, 4) is 5.75 Å². The summed E-state index contributed by atoms with van der Waals surface area (Å²) in [6.07, 6.45) is -1.27. The van der Waals surface area contributed by atoms with Crippen molar-refractivity contribution in [2.45, 2.75) is 38.7 Å². The van der Waals surface area contributed by atoms with Gasteiger partial charge in [-0.25, -0.2) is 14.5 Å². The van der Waals surface area contributed by atoms with Gasteiger partial charge in [0.2, 0.25) is 5.91 Å². The molecule has 1 fully saturated rings. The Kier molecular flexibility index (Phi) is 7.90. The Bertz CT molecular complexity index is 959. The molecule has 4 rings (SSSR count). The summed E-state index contributed by atoms with van der Waals surface area (Å²) < 4.78 is 39.0. The third-order valence-electron chi connectivity index (χ3n) is 5.48. The van der Waals surface area contributed by atoms with Crippen LogP contribution >= 0.6 is 0 Å². The summed E-state index contributed by atoms with van der Waals surface area (Å²) in [7, 11) is 1.68. The summed E-state index contributed by atoms with van der Waals surface area (Å²) in [5, 5.41) is 11.5. The molecule has 0 radical (unpaired) electrons. The van der Waals surface area contributed by atoms with Gasteiger partial charge in [0.05, 0.1) is 26.1 Å². The minimum Gasteiger partial charge on any atom is -0.497 e. The Morgan fingerprint density at radius 1 is 1.21 bits per heavy atom. The number of fused-ring (bicyclic) bond motifs is 1. The maximum Gasteiger partial charge on any atom is 0.490 e. The van der Waals surface area contributed by atoms with Gasteiger partial charge in [-0.2, -0.15) is 18.3 Å². The number of rotatable bonds is 4. The second-order valence-electron chi connectivity index (χ2n) is 7.91. The van der Waals surface area contributed by atoms with Crippen LogP contribution < -0.4 is 4.74 Å². The third-order valence-corrected chi connectivity index (χ3v) is 5.48. The molecular formula is C21H26F3N5O4. The van der Waals surface area contributed by atoms with Crippen molar-refractivity contribution in [3.05, 3.63) is 42.0 Å². The number of methoxy groups -OCH3 is 1. The fourth-order valence-corrected chi connectivity index (χ4v) is 3.91. The highest BCUT2D eigenvalue weighted by Gasteiger charge is 2.38. The van der Waals surface area contributed by atoms with Gasteiger partial charge >= 0.3 is 12.1 Å². The molecule has 0 bridgehead atoms. The topological polar surface area (TPSA) is 101 Å². The second-order valence-corrected chi connectivity index (χ2v) is 7.91. The zero-order valence-electron chi connectivity index (χ0n) is 18.2. The molecule has 3 heterocycles. The predicted octanol–water partition coefficient (Wildman–Crippen LogP) is 2.17. The Labute approximate surface area is 188 Å². The van der Waals surface area contributed by atoms with E-state index in [1.807, 2.05) is 27.8 Å². The molecule has 9 nitrogen and oxygen atoms in total. The smallest absolute Gasteiger partial charge is 0.490 e. The minimum atomic E-state index is -5.08. The van der Waals surface area contributed by atoms with Crippen molar-refractivity contribution in [2.24, 2.45) is 5.92 Å². The monoisotopic (exact) mass is 469 g/mol. The molecule has 0 saturated carbocycles. The number of benzene rings is 1. The molecule has 1 atom stereocenters. The molecule has 0 spiro atoms. The molecule has 33 heavy (non-hydrogen) atoms. The molecule has 2 aromatic rings. The summed E-state index contributed by atoms with van der Waals surface area (Å²) in [6.45, 7) is 4.55. The number of halogens is 3. The number of amides is 1. The number of alkyl halides is 3. The van der Waals surface area contributed by atoms with Crippen LogP contribution in [0.2, 0.25) is 0 Å². The average molecular weight is 469 g/mol. The lowest BCUT2D eigenvalue weighted by atomic mass is 10.1. The molecule has 2 aliphatic rings. The Hall–Kier alpha value is -3.15. The first-order valence-electron chi connectivity index (χ1n) is 10.5. The molecule has 180 valence electrons. The number of hydrogen-bond acceptors (Lipinski definition) is 6. The van der Waals surface area contributed by atoms with E-state index < -0.39 is 12.1 Å². The zero-order chi connectivity index (χ0) is 24.0. The number of nitrogens with zero attached hydrogens (tertiary/aromatic N) is 5. The first kappa shape index (κ1) is 24.5. The molecule has 1 unspecified atom stereocenters. The largest absolute Gasteiger partial charge is 0.497 e. The van der Waals surface area contributed by atoms with E-state index in [1.54, 1.807) is 13.4 Å². The van der Waals surface area contributed by atoms with Crippen LogP contribution in [0.4, 0.5) is 13.2 Å². The maximum absolute atomic E-state index is 13.0. The van der Waals surface area contributed by atoms with Crippen molar-refractivity contribution in [3.63, 3.8) is 0 Å². The lowest BCUT2D eigenvalue weighted by Crippen LogP contribution is -2.40. The molecule has 12 heteroatoms. The Balaban J connectivity index is 0.000000383. The van der Waals surface area contributed by atoms with Gasteiger partial charge in [0.15, 0.2) is 0 Å². The third kappa shape index (κ3) is 6.67. The van der Waals surface area contributed by atoms with E-state index in [0.717, 1.165) is 50.6 Å². The number of carbonyl (C=O) groups excluding carboxylic acids is 1. The van der Waals surface area contributed by atoms with Gasteiger partial charge in [0.25, 0.3) is 0 Å². The number of aromatic nitrogens is 3. The van der Waals surface area contributed by atoms with Crippen molar-refractivity contribution >= 4 is 11.9 Å². The summed E-state index contributed by atoms with van der Waals surface area (Å²) in [5.74, 6) is -0.814. The van der Waals surface area contributed by atoms with Crippen LogP contribution in [-0.2, 0) is 29.2 Å². The first-order chi connectivity index (χ1) is 15.7. The molecule has 1 N–H and O–H groups in total. The highest BCUT2D eigenvalue weighted by atomic mass is 19.4. The van der Waals surface area contributed by atoms with Gasteiger partial charge in [0, 0.05) is 26.2 Å². The van der Waals surface area contributed by atoms with Crippen molar-refractivity contribution in [1.29, 1.82) is 0 Å². The van der Waals surface area contributed by atoms with Gasteiger partial charge < -0.3 is 14.7 Å². The van der Waals surface area contributed by atoms with Crippen LogP contribution in [0.25, 0.3) is 0 Å². The van der Waals surface area contributed by atoms with Crippen LogP contribution in [0.3, 0.4) is 0 Å². The molecular weight excluding hydrogens is 443 g/mol. The van der Waals surface area contributed by atoms with Crippen LogP contribution in [0.1, 0.15) is 24.2 Å². The van der Waals surface area contributed by atoms with E-state index >= 15 is 0 Å². The number of likely N-dealkylation sites (tertiary alicyclic amines) is 1. The van der Waals surface area contributed by atoms with Gasteiger partial charge in [-0.05, 0) is 30.5 Å². The molecule has 1 saturated heterocycles. The fraction of sp³-hybridized carbons (Fsp3) is 0.524. The normalized spacial score (nSPS) is 18.7. The van der Waals surface area contributed by atoms with Gasteiger partial charge in [0.1, 0.15) is 17.9 Å². The first-order valence-corrected chi connectivity index (χ1v) is 10.5. The lowest BCUT2D eigenvalue weighted by molar-refractivity contribution is -0.192. The van der Waals surface area contributed by atoms with Crippen LogP contribution in [0.15, 0.2) is 30.6 Å². The van der Waals surface area contributed by atoms with Crippen LogP contribution in [0.5, 0.6) is 5.75 Å². The highest BCUT2D eigenvalue weighted by Crippen LogP contribution is 2.22. The van der Waals surface area contributed by atoms with E-state index in [-0.39, 0.29) is 11.8 Å². The second kappa shape index (κ2) is 10.6. The summed E-state index contributed by atoms with van der Waals surface area (Å²) in [6, 6.07) is 8.09. The average Bonchev–Trinajstić information content (AvgIpc) is 3.42. The Morgan fingerprint density at radius 2 is 1.91 bits per heavy atom. The number of aliphatic carboxylic acids is 1. The number of carboxylic acids is 1. The standard InChI is InChI=1S/C19H25N5O2.C2HF3O2/c1-26-17-6-4-5-15(9-17)10-22-11-16(19(25)23-7-2-3-8-23)12-24-18(13-22)20-14-21-24;3-2(4,5)1(6)7/h4-6,9,14,16H,2-3,7-8,10-13H2,1H3;(H,6,7). The number of hydrogen-bond donors (Lipinski definition) is 1. The number of carbonyl (C=O) groups is 2. The quantitative estimate of drug-likeness (QED) is 0.733. The van der Waals surface area contributed by atoms with Crippen LogP contribution in [0, 0.1) is 5.92 Å². The van der Waals surface area contributed by atoms with Crippen LogP contribution in [-0.4, -0.2) is 74.5 Å². The number of ether oxygens (including phenoxy) is 1. The van der Waals surface area contributed by atoms with Crippen molar-refractivity contribution < 1.29 is 32.6 Å². The van der Waals surface area contributed by atoms with Gasteiger partial charge in [-0.1, -0.05) is 12.1 Å². The van der Waals surface area contributed by atoms with E-state index in [1.165, 1.54) is 5.56 Å². The number of carboxylic acid groups (broad SMARTS) is 1. The lowest BCUT2D eigenvalue weighted by Gasteiger charge is -2.26. The van der Waals surface area contributed by atoms with Gasteiger partial charge in [-0.15, -0.1) is 0 Å². The molecule has 1 aromatic heterocycles. The molecule has 1 amide bonds. The maximum atomic E-state index is 13.0. The van der Waals surface area contributed by atoms with Gasteiger partial charge in [-0.3, -0.25) is 9.69 Å². The summed E-state index contributed by atoms with van der Waals surface area (Å²) >= 11 is 0. The summed E-state index contributed by atoms with van der Waals surface area (Å²) in [4.78, 5) is 30.6. The fourth-order valence-electron chi connectivity index (χ4n) is 3.91. The Morgan fingerprint density at radius 3 is 2.55 bits per heavy atom. The molecule has 2 aliphatic heterocycles. The van der Waals surface area contributed by atoms with E-state index in [2.05, 4.69) is 21.0 Å². The van der Waals surface area contributed by atoms with Crippen molar-refractivity contribution in [1.82, 2.24) is 24.6 Å². The zero-order valence-corrected chi connectivity index (χ0v) is 18.2. The predicted molar refractivity (Wildman–Crippen MR) is 110 cm³/mol. The van der Waals surface area contributed by atoms with E-state index in [9.17, 15) is 18.0 Å². The van der Waals surface area contributed by atoms with E-state index in [0.29, 0.717) is 13.1 Å². The molecule has 0 aliphatic carbocycles. The SMILES string of the molecule is COc1cccc(CN2Cc3ncnn3CC(C(=O)N3CCCC3)C2)c1.O=C(O)C(F)(F)F. The van der Waals surface area contributed by atoms with E-state index in [4.69, 9.17) is 14.6 Å². The van der Waals surface area contributed by atoms with Crippen molar-refractivity contribution in [2.75, 3.05) is 26.7 Å². The molecule has 1 aromatic carbocycles. The highest BCUT2D eigenvalue weighted by molar-refractivity contribution is 5.79. The minimum absolute atomic E-state index is 0.0818. The summed E-state index contributed by atoms with van der Waals surface area (Å²) in [5.41, 5.74) is 1.17.